The van der Waals surface area contributed by atoms with E-state index < -0.39 is 5.91 Å². The molecule has 3 aromatic rings. The first-order valence-electron chi connectivity index (χ1n) is 7.26. The maximum Gasteiger partial charge on any atom is 0.295 e. The number of carbonyl (C=O) groups is 1. The Labute approximate surface area is 138 Å². The van der Waals surface area contributed by atoms with Gasteiger partial charge in [-0.2, -0.15) is 4.98 Å². The lowest BCUT2D eigenvalue weighted by atomic mass is 10.1. The van der Waals surface area contributed by atoms with E-state index in [9.17, 15) is 4.79 Å². The quantitative estimate of drug-likeness (QED) is 0.788. The van der Waals surface area contributed by atoms with Gasteiger partial charge in [0.2, 0.25) is 5.82 Å². The number of carbonyl (C=O) groups excluding carboxylic acids is 1. The van der Waals surface area contributed by atoms with E-state index in [0.717, 1.165) is 11.3 Å². The summed E-state index contributed by atoms with van der Waals surface area (Å²) in [7, 11) is 3.10. The standard InChI is InChI=1S/C16H17N5O3/c1-9-7-12(23-3)13(24-4)8-11(9)18-15(22)14-19-16-17-6-5-10(2)21(16)20-14/h5-8H,1-4H3,(H,18,22). The van der Waals surface area contributed by atoms with Crippen LogP contribution in [0.3, 0.4) is 0 Å². The van der Waals surface area contributed by atoms with Gasteiger partial charge in [0.05, 0.1) is 14.2 Å². The highest BCUT2D eigenvalue weighted by Crippen LogP contribution is 2.33. The molecule has 1 amide bonds. The number of ether oxygens (including phenoxy) is 2. The molecule has 1 N–H and O–H groups in total. The van der Waals surface area contributed by atoms with Gasteiger partial charge in [0.25, 0.3) is 11.7 Å². The monoisotopic (exact) mass is 327 g/mol. The Bertz CT molecular complexity index is 919. The van der Waals surface area contributed by atoms with Crippen molar-refractivity contribution in [1.82, 2.24) is 19.6 Å². The van der Waals surface area contributed by atoms with Crippen molar-refractivity contribution in [2.75, 3.05) is 19.5 Å². The van der Waals surface area contributed by atoms with Crippen LogP contribution in [0.15, 0.2) is 24.4 Å². The predicted molar refractivity (Wildman–Crippen MR) is 87.8 cm³/mol. The number of benzene rings is 1. The second-order valence-corrected chi connectivity index (χ2v) is 5.21. The maximum absolute atomic E-state index is 12.5. The molecular weight excluding hydrogens is 310 g/mol. The van der Waals surface area contributed by atoms with Gasteiger partial charge in [-0.05, 0) is 31.5 Å². The van der Waals surface area contributed by atoms with E-state index in [-0.39, 0.29) is 5.82 Å². The lowest BCUT2D eigenvalue weighted by Crippen LogP contribution is -2.15. The Morgan fingerprint density at radius 2 is 1.88 bits per heavy atom. The van der Waals surface area contributed by atoms with Crippen LogP contribution in [-0.4, -0.2) is 39.7 Å². The Balaban J connectivity index is 1.92. The van der Waals surface area contributed by atoms with Crippen LogP contribution in [0.5, 0.6) is 11.5 Å². The molecule has 0 radical (unpaired) electrons. The van der Waals surface area contributed by atoms with E-state index >= 15 is 0 Å². The molecule has 0 fully saturated rings. The van der Waals surface area contributed by atoms with Gasteiger partial charge in [-0.25, -0.2) is 9.50 Å². The van der Waals surface area contributed by atoms with Crippen molar-refractivity contribution in [2.45, 2.75) is 13.8 Å². The van der Waals surface area contributed by atoms with Crippen LogP contribution >= 0.6 is 0 Å². The fourth-order valence-electron chi connectivity index (χ4n) is 2.30. The van der Waals surface area contributed by atoms with Crippen LogP contribution in [0, 0.1) is 13.8 Å². The molecule has 2 aromatic heterocycles. The first-order valence-corrected chi connectivity index (χ1v) is 7.26. The summed E-state index contributed by atoms with van der Waals surface area (Å²) in [6.45, 7) is 3.73. The topological polar surface area (TPSA) is 90.6 Å². The molecular formula is C16H17N5O3. The van der Waals surface area contributed by atoms with Crippen LogP contribution in [0.4, 0.5) is 5.69 Å². The van der Waals surface area contributed by atoms with Crippen molar-refractivity contribution >= 4 is 17.4 Å². The number of methoxy groups -OCH3 is 2. The Morgan fingerprint density at radius 1 is 1.17 bits per heavy atom. The number of aryl methyl sites for hydroxylation is 2. The minimum Gasteiger partial charge on any atom is -0.493 e. The average Bonchev–Trinajstić information content (AvgIpc) is 3.02. The predicted octanol–water partition coefficient (Wildman–Crippen LogP) is 2.01. The number of nitrogens with zero attached hydrogens (tertiary/aromatic N) is 4. The molecule has 0 atom stereocenters. The van der Waals surface area contributed by atoms with E-state index in [2.05, 4.69) is 20.4 Å². The van der Waals surface area contributed by atoms with Crippen LogP contribution in [0.2, 0.25) is 0 Å². The third-order valence-electron chi connectivity index (χ3n) is 3.61. The first-order chi connectivity index (χ1) is 11.5. The second kappa shape index (κ2) is 6.15. The minimum absolute atomic E-state index is 0.0472. The molecule has 0 spiro atoms. The van der Waals surface area contributed by atoms with Gasteiger partial charge in [-0.15, -0.1) is 5.10 Å². The zero-order valence-corrected chi connectivity index (χ0v) is 13.8. The summed E-state index contributed by atoms with van der Waals surface area (Å²) in [5.41, 5.74) is 2.27. The minimum atomic E-state index is -0.421. The van der Waals surface area contributed by atoms with Crippen LogP contribution in [-0.2, 0) is 0 Å². The van der Waals surface area contributed by atoms with Gasteiger partial charge in [0.15, 0.2) is 11.5 Å². The van der Waals surface area contributed by atoms with Crippen LogP contribution < -0.4 is 14.8 Å². The zero-order chi connectivity index (χ0) is 17.3. The van der Waals surface area contributed by atoms with Gasteiger partial charge in [0.1, 0.15) is 0 Å². The van der Waals surface area contributed by atoms with Gasteiger partial charge >= 0.3 is 0 Å². The molecule has 8 nitrogen and oxygen atoms in total. The summed E-state index contributed by atoms with van der Waals surface area (Å²) in [4.78, 5) is 20.7. The fraction of sp³-hybridized carbons (Fsp3) is 0.250. The number of rotatable bonds is 4. The van der Waals surface area contributed by atoms with E-state index in [1.165, 1.54) is 11.6 Å². The molecule has 0 saturated heterocycles. The highest BCUT2D eigenvalue weighted by Gasteiger charge is 2.17. The third kappa shape index (κ3) is 2.73. The number of aromatic nitrogens is 4. The molecule has 1 aromatic carbocycles. The van der Waals surface area contributed by atoms with Crippen molar-refractivity contribution in [2.24, 2.45) is 0 Å². The summed E-state index contributed by atoms with van der Waals surface area (Å²) < 4.78 is 12.0. The first kappa shape index (κ1) is 15.7. The van der Waals surface area contributed by atoms with Gasteiger partial charge in [-0.3, -0.25) is 4.79 Å². The van der Waals surface area contributed by atoms with E-state index in [1.807, 2.05) is 13.8 Å². The van der Waals surface area contributed by atoms with Gasteiger partial charge in [-0.1, -0.05) is 0 Å². The summed E-state index contributed by atoms with van der Waals surface area (Å²) in [5.74, 6) is 1.13. The molecule has 0 bridgehead atoms. The van der Waals surface area contributed by atoms with Crippen molar-refractivity contribution < 1.29 is 14.3 Å². The van der Waals surface area contributed by atoms with E-state index in [0.29, 0.717) is 23.0 Å². The fourth-order valence-corrected chi connectivity index (χ4v) is 2.30. The number of nitrogens with one attached hydrogen (secondary N) is 1. The molecule has 0 unspecified atom stereocenters. The van der Waals surface area contributed by atoms with Crippen molar-refractivity contribution in [1.29, 1.82) is 0 Å². The average molecular weight is 327 g/mol. The zero-order valence-electron chi connectivity index (χ0n) is 13.8. The molecule has 124 valence electrons. The van der Waals surface area contributed by atoms with Crippen molar-refractivity contribution in [3.63, 3.8) is 0 Å². The molecule has 24 heavy (non-hydrogen) atoms. The number of anilines is 1. The molecule has 8 heteroatoms. The van der Waals surface area contributed by atoms with E-state index in [4.69, 9.17) is 9.47 Å². The Hall–Kier alpha value is -3.16. The number of amides is 1. The summed E-state index contributed by atoms with van der Waals surface area (Å²) in [6.07, 6.45) is 1.62. The molecule has 0 saturated carbocycles. The Morgan fingerprint density at radius 3 is 2.54 bits per heavy atom. The van der Waals surface area contributed by atoms with Gasteiger partial charge in [0, 0.05) is 23.6 Å². The largest absolute Gasteiger partial charge is 0.493 e. The third-order valence-corrected chi connectivity index (χ3v) is 3.61. The molecule has 3 rings (SSSR count). The lowest BCUT2D eigenvalue weighted by molar-refractivity contribution is 0.101. The van der Waals surface area contributed by atoms with Crippen molar-refractivity contribution in [3.8, 4) is 11.5 Å². The van der Waals surface area contributed by atoms with Crippen LogP contribution in [0.1, 0.15) is 21.9 Å². The van der Waals surface area contributed by atoms with E-state index in [1.54, 1.807) is 31.5 Å². The SMILES string of the molecule is COc1cc(C)c(NC(=O)c2nc3nccc(C)n3n2)cc1OC. The summed E-state index contributed by atoms with van der Waals surface area (Å²) >= 11 is 0. The maximum atomic E-state index is 12.5. The summed E-state index contributed by atoms with van der Waals surface area (Å²) in [5, 5.41) is 6.98. The lowest BCUT2D eigenvalue weighted by Gasteiger charge is -2.12. The highest BCUT2D eigenvalue weighted by atomic mass is 16.5. The highest BCUT2D eigenvalue weighted by molar-refractivity contribution is 6.02. The molecule has 0 aliphatic rings. The smallest absolute Gasteiger partial charge is 0.295 e. The normalized spacial score (nSPS) is 10.7. The number of hydrogen-bond donors (Lipinski definition) is 1. The summed E-state index contributed by atoms with van der Waals surface area (Å²) in [6, 6.07) is 5.28. The van der Waals surface area contributed by atoms with Crippen LogP contribution in [0.25, 0.3) is 5.78 Å². The molecule has 0 aliphatic carbocycles. The molecule has 0 aliphatic heterocycles. The number of fused-ring (bicyclic) bond motifs is 1. The van der Waals surface area contributed by atoms with Gasteiger partial charge < -0.3 is 14.8 Å². The van der Waals surface area contributed by atoms with Crippen molar-refractivity contribution in [3.05, 3.63) is 41.5 Å². The Kier molecular flexibility index (Phi) is 4.03. The molecule has 2 heterocycles. The number of hydrogen-bond acceptors (Lipinski definition) is 6. The second-order valence-electron chi connectivity index (χ2n) is 5.21.